The summed E-state index contributed by atoms with van der Waals surface area (Å²) < 4.78 is 5.55. The van der Waals surface area contributed by atoms with Crippen LogP contribution in [0.25, 0.3) is 0 Å². The fourth-order valence-corrected chi connectivity index (χ4v) is 2.35. The van der Waals surface area contributed by atoms with Crippen LogP contribution >= 0.6 is 0 Å². The SMILES string of the molecule is CC(C)c1cccc(OCC(=O)NCCCc2ccc(O)cc2)c1. The van der Waals surface area contributed by atoms with Gasteiger partial charge in [-0.1, -0.05) is 38.1 Å². The number of hydrogen-bond donors (Lipinski definition) is 2. The lowest BCUT2D eigenvalue weighted by atomic mass is 10.0. The lowest BCUT2D eigenvalue weighted by molar-refractivity contribution is -0.123. The number of amides is 1. The quantitative estimate of drug-likeness (QED) is 0.728. The van der Waals surface area contributed by atoms with E-state index in [1.165, 1.54) is 5.56 Å². The maximum atomic E-state index is 11.8. The van der Waals surface area contributed by atoms with E-state index in [0.29, 0.717) is 12.5 Å². The third-order valence-corrected chi connectivity index (χ3v) is 3.80. The Hall–Kier alpha value is -2.49. The van der Waals surface area contributed by atoms with Gasteiger partial charge in [0.2, 0.25) is 0 Å². The summed E-state index contributed by atoms with van der Waals surface area (Å²) in [4.78, 5) is 11.8. The van der Waals surface area contributed by atoms with Crippen LogP contribution < -0.4 is 10.1 Å². The molecule has 0 heterocycles. The van der Waals surface area contributed by atoms with Crippen molar-refractivity contribution in [3.8, 4) is 11.5 Å². The second-order valence-electron chi connectivity index (χ2n) is 6.14. The number of carbonyl (C=O) groups excluding carboxylic acids is 1. The molecule has 1 amide bonds. The zero-order valence-corrected chi connectivity index (χ0v) is 14.3. The third kappa shape index (κ3) is 5.95. The van der Waals surface area contributed by atoms with Crippen molar-refractivity contribution in [2.75, 3.05) is 13.2 Å². The topological polar surface area (TPSA) is 58.6 Å². The van der Waals surface area contributed by atoms with Crippen LogP contribution in [-0.2, 0) is 11.2 Å². The molecular formula is C20H25NO3. The van der Waals surface area contributed by atoms with Crippen molar-refractivity contribution in [1.82, 2.24) is 5.32 Å². The maximum absolute atomic E-state index is 11.8. The van der Waals surface area contributed by atoms with Crippen molar-refractivity contribution in [3.63, 3.8) is 0 Å². The number of rotatable bonds is 8. The molecule has 2 rings (SSSR count). The van der Waals surface area contributed by atoms with Crippen LogP contribution in [-0.4, -0.2) is 24.2 Å². The molecule has 0 aliphatic carbocycles. The summed E-state index contributed by atoms with van der Waals surface area (Å²) in [5, 5.41) is 12.1. The van der Waals surface area contributed by atoms with Crippen molar-refractivity contribution in [1.29, 1.82) is 0 Å². The van der Waals surface area contributed by atoms with Crippen LogP contribution in [0.3, 0.4) is 0 Å². The van der Waals surface area contributed by atoms with E-state index in [1.54, 1.807) is 12.1 Å². The lowest BCUT2D eigenvalue weighted by Crippen LogP contribution is -2.29. The number of phenols is 1. The molecule has 4 heteroatoms. The molecule has 0 aliphatic heterocycles. The number of benzene rings is 2. The second kappa shape index (κ2) is 8.96. The van der Waals surface area contributed by atoms with E-state index in [2.05, 4.69) is 25.2 Å². The van der Waals surface area contributed by atoms with Crippen LogP contribution in [0, 0.1) is 0 Å². The van der Waals surface area contributed by atoms with E-state index in [0.717, 1.165) is 24.2 Å². The molecule has 0 saturated carbocycles. The summed E-state index contributed by atoms with van der Waals surface area (Å²) in [5.74, 6) is 1.31. The van der Waals surface area contributed by atoms with E-state index < -0.39 is 0 Å². The Kier molecular flexibility index (Phi) is 6.67. The minimum atomic E-state index is -0.115. The summed E-state index contributed by atoms with van der Waals surface area (Å²) in [6, 6.07) is 15.0. The zero-order chi connectivity index (χ0) is 17.4. The van der Waals surface area contributed by atoms with Crippen LogP contribution in [0.2, 0.25) is 0 Å². The van der Waals surface area contributed by atoms with E-state index in [-0.39, 0.29) is 18.3 Å². The van der Waals surface area contributed by atoms with Gasteiger partial charge >= 0.3 is 0 Å². The van der Waals surface area contributed by atoms with E-state index in [1.807, 2.05) is 30.3 Å². The molecule has 2 N–H and O–H groups in total. The highest BCUT2D eigenvalue weighted by atomic mass is 16.5. The molecule has 0 fully saturated rings. The maximum Gasteiger partial charge on any atom is 0.257 e. The molecule has 0 spiro atoms. The highest BCUT2D eigenvalue weighted by Crippen LogP contribution is 2.19. The fourth-order valence-electron chi connectivity index (χ4n) is 2.35. The van der Waals surface area contributed by atoms with Crippen molar-refractivity contribution < 1.29 is 14.6 Å². The minimum Gasteiger partial charge on any atom is -0.508 e. The predicted octanol–water partition coefficient (Wildman–Crippen LogP) is 3.64. The first-order chi connectivity index (χ1) is 11.5. The molecule has 0 aliphatic rings. The highest BCUT2D eigenvalue weighted by Gasteiger charge is 2.04. The van der Waals surface area contributed by atoms with Gasteiger partial charge in [-0.15, -0.1) is 0 Å². The lowest BCUT2D eigenvalue weighted by Gasteiger charge is -2.10. The summed E-state index contributed by atoms with van der Waals surface area (Å²) in [6.45, 7) is 4.88. The minimum absolute atomic E-state index is 0.0285. The monoisotopic (exact) mass is 327 g/mol. The van der Waals surface area contributed by atoms with E-state index in [9.17, 15) is 9.90 Å². The van der Waals surface area contributed by atoms with Gasteiger partial charge in [0, 0.05) is 6.54 Å². The van der Waals surface area contributed by atoms with Crippen LogP contribution in [0.4, 0.5) is 0 Å². The smallest absolute Gasteiger partial charge is 0.257 e. The molecule has 0 aromatic heterocycles. The normalized spacial score (nSPS) is 10.6. The number of aryl methyl sites for hydroxylation is 1. The van der Waals surface area contributed by atoms with Gasteiger partial charge in [-0.05, 0) is 54.2 Å². The standard InChI is InChI=1S/C20H25NO3/c1-15(2)17-6-3-7-19(13-17)24-14-20(23)21-12-4-5-16-8-10-18(22)11-9-16/h3,6-11,13,15,22H,4-5,12,14H2,1-2H3,(H,21,23). The predicted molar refractivity (Wildman–Crippen MR) is 95.5 cm³/mol. The average Bonchev–Trinajstić information content (AvgIpc) is 2.58. The van der Waals surface area contributed by atoms with Gasteiger partial charge in [0.1, 0.15) is 11.5 Å². The molecule has 2 aromatic carbocycles. The average molecular weight is 327 g/mol. The molecule has 2 aromatic rings. The first-order valence-corrected chi connectivity index (χ1v) is 8.32. The summed E-state index contributed by atoms with van der Waals surface area (Å²) in [5.41, 5.74) is 2.34. The molecule has 0 atom stereocenters. The van der Waals surface area contributed by atoms with Crippen molar-refractivity contribution in [3.05, 3.63) is 59.7 Å². The van der Waals surface area contributed by atoms with Crippen LogP contribution in [0.1, 0.15) is 37.3 Å². The van der Waals surface area contributed by atoms with Gasteiger partial charge in [-0.25, -0.2) is 0 Å². The summed E-state index contributed by atoms with van der Waals surface area (Å²) in [7, 11) is 0. The Bertz CT molecular complexity index is 650. The molecule has 0 unspecified atom stereocenters. The van der Waals surface area contributed by atoms with Gasteiger partial charge in [0.15, 0.2) is 6.61 Å². The number of phenolic OH excluding ortho intramolecular Hbond substituents is 1. The van der Waals surface area contributed by atoms with Crippen molar-refractivity contribution >= 4 is 5.91 Å². The summed E-state index contributed by atoms with van der Waals surface area (Å²) >= 11 is 0. The molecule has 0 bridgehead atoms. The van der Waals surface area contributed by atoms with Gasteiger partial charge in [0.05, 0.1) is 0 Å². The van der Waals surface area contributed by atoms with Crippen LogP contribution in [0.5, 0.6) is 11.5 Å². The Labute approximate surface area is 143 Å². The second-order valence-corrected chi connectivity index (χ2v) is 6.14. The fraction of sp³-hybridized carbons (Fsp3) is 0.350. The Balaban J connectivity index is 1.66. The third-order valence-electron chi connectivity index (χ3n) is 3.80. The molecule has 24 heavy (non-hydrogen) atoms. The van der Waals surface area contributed by atoms with Gasteiger partial charge < -0.3 is 15.2 Å². The molecule has 4 nitrogen and oxygen atoms in total. The van der Waals surface area contributed by atoms with Gasteiger partial charge in [0.25, 0.3) is 5.91 Å². The number of nitrogens with one attached hydrogen (secondary N) is 1. The van der Waals surface area contributed by atoms with Crippen molar-refractivity contribution in [2.24, 2.45) is 0 Å². The van der Waals surface area contributed by atoms with Gasteiger partial charge in [-0.2, -0.15) is 0 Å². The van der Waals surface area contributed by atoms with Crippen LogP contribution in [0.15, 0.2) is 48.5 Å². The Morgan fingerprint density at radius 1 is 1.17 bits per heavy atom. The highest BCUT2D eigenvalue weighted by molar-refractivity contribution is 5.77. The number of hydrogen-bond acceptors (Lipinski definition) is 3. The number of carbonyl (C=O) groups is 1. The van der Waals surface area contributed by atoms with E-state index >= 15 is 0 Å². The summed E-state index contributed by atoms with van der Waals surface area (Å²) in [6.07, 6.45) is 1.71. The first-order valence-electron chi connectivity index (χ1n) is 8.32. The molecular weight excluding hydrogens is 302 g/mol. The number of aromatic hydroxyl groups is 1. The number of ether oxygens (including phenoxy) is 1. The zero-order valence-electron chi connectivity index (χ0n) is 14.3. The molecule has 0 radical (unpaired) electrons. The van der Waals surface area contributed by atoms with Gasteiger partial charge in [-0.3, -0.25) is 4.79 Å². The Morgan fingerprint density at radius 2 is 1.92 bits per heavy atom. The Morgan fingerprint density at radius 3 is 2.62 bits per heavy atom. The molecule has 0 saturated heterocycles. The van der Waals surface area contributed by atoms with E-state index in [4.69, 9.17) is 4.74 Å². The molecule has 128 valence electrons. The first kappa shape index (κ1) is 17.9. The van der Waals surface area contributed by atoms with Crippen molar-refractivity contribution in [2.45, 2.75) is 32.6 Å². The largest absolute Gasteiger partial charge is 0.508 e.